The smallest absolute Gasteiger partial charge is 0.377 e. The summed E-state index contributed by atoms with van der Waals surface area (Å²) in [4.78, 5) is 14.2. The Labute approximate surface area is 89.7 Å². The molecule has 0 fully saturated rings. The van der Waals surface area contributed by atoms with Crippen molar-refractivity contribution in [3.8, 4) is 0 Å². The van der Waals surface area contributed by atoms with Crippen LogP contribution in [0.5, 0.6) is 0 Å². The van der Waals surface area contributed by atoms with Crippen LogP contribution in [-0.2, 0) is 7.05 Å². The number of aryl methyl sites for hydroxylation is 1. The number of aromatic carboxylic acids is 1. The summed E-state index contributed by atoms with van der Waals surface area (Å²) in [6.07, 6.45) is 3.24. The number of carbonyl (C=O) groups is 1. The lowest BCUT2D eigenvalue weighted by Gasteiger charge is -2.01. The Morgan fingerprint density at radius 2 is 2.44 bits per heavy atom. The normalized spacial score (nSPS) is 12.6. The number of hydrogen-bond donors (Lipinski definition) is 2. The summed E-state index contributed by atoms with van der Waals surface area (Å²) >= 11 is 0. The second kappa shape index (κ2) is 3.74. The molecule has 2 heterocycles. The fraction of sp³-hybridized carbons (Fsp3) is 0.250. The Hall–Kier alpha value is -2.22. The first kappa shape index (κ1) is 10.3. The second-order valence-electron chi connectivity index (χ2n) is 3.19. The molecular weight excluding hydrogens is 214 g/mol. The van der Waals surface area contributed by atoms with Gasteiger partial charge in [0.15, 0.2) is 0 Å². The summed E-state index contributed by atoms with van der Waals surface area (Å²) in [6.45, 7) is 0. The fourth-order valence-electron chi connectivity index (χ4n) is 1.19. The predicted molar refractivity (Wildman–Crippen MR) is 50.5 cm³/mol. The number of nitrogens with zero attached hydrogens (tertiary/aromatic N) is 4. The molecule has 2 aromatic rings. The number of hydrogen-bond acceptors (Lipinski definition) is 6. The lowest BCUT2D eigenvalue weighted by molar-refractivity contribution is 0.0680. The van der Waals surface area contributed by atoms with Crippen LogP contribution in [0.2, 0.25) is 0 Å². The topological polar surface area (TPSA) is 120 Å². The SMILES string of the molecule is Cn1cc(C(N)c2nc(C(=O)O)no2)cn1. The van der Waals surface area contributed by atoms with Gasteiger partial charge in [-0.15, -0.1) is 0 Å². The van der Waals surface area contributed by atoms with Crippen molar-refractivity contribution >= 4 is 5.97 Å². The maximum absolute atomic E-state index is 10.5. The first-order chi connectivity index (χ1) is 7.58. The van der Waals surface area contributed by atoms with Gasteiger partial charge in [-0.25, -0.2) is 4.79 Å². The van der Waals surface area contributed by atoms with Gasteiger partial charge in [0.05, 0.1) is 6.20 Å². The molecule has 2 aromatic heterocycles. The zero-order chi connectivity index (χ0) is 11.7. The summed E-state index contributed by atoms with van der Waals surface area (Å²) in [6, 6.07) is -0.672. The molecule has 3 N–H and O–H groups in total. The molecule has 0 bridgehead atoms. The van der Waals surface area contributed by atoms with E-state index < -0.39 is 17.8 Å². The highest BCUT2D eigenvalue weighted by Crippen LogP contribution is 2.16. The van der Waals surface area contributed by atoms with E-state index in [1.54, 1.807) is 24.1 Å². The van der Waals surface area contributed by atoms with Gasteiger partial charge in [0.25, 0.3) is 5.82 Å². The Morgan fingerprint density at radius 3 is 2.94 bits per heavy atom. The largest absolute Gasteiger partial charge is 0.475 e. The average Bonchev–Trinajstić information content (AvgIpc) is 2.84. The third kappa shape index (κ3) is 1.77. The van der Waals surface area contributed by atoms with Crippen LogP contribution in [-0.4, -0.2) is 31.0 Å². The van der Waals surface area contributed by atoms with E-state index in [2.05, 4.69) is 15.2 Å². The van der Waals surface area contributed by atoms with Crippen molar-refractivity contribution in [1.82, 2.24) is 19.9 Å². The quantitative estimate of drug-likeness (QED) is 0.722. The summed E-state index contributed by atoms with van der Waals surface area (Å²) in [5.74, 6) is -1.62. The number of carboxylic acid groups (broad SMARTS) is 1. The first-order valence-electron chi connectivity index (χ1n) is 4.39. The molecule has 1 unspecified atom stereocenters. The van der Waals surface area contributed by atoms with E-state index in [1.807, 2.05) is 0 Å². The van der Waals surface area contributed by atoms with Crippen molar-refractivity contribution in [2.75, 3.05) is 0 Å². The van der Waals surface area contributed by atoms with Crippen LogP contribution in [0, 0.1) is 0 Å². The van der Waals surface area contributed by atoms with Crippen LogP contribution in [0.15, 0.2) is 16.9 Å². The predicted octanol–water partition coefficient (Wildman–Crippen LogP) is -0.451. The van der Waals surface area contributed by atoms with Crippen molar-refractivity contribution in [3.05, 3.63) is 29.7 Å². The molecule has 1 atom stereocenters. The minimum atomic E-state index is -1.26. The molecule has 0 spiro atoms. The van der Waals surface area contributed by atoms with Crippen molar-refractivity contribution in [2.24, 2.45) is 12.8 Å². The summed E-state index contributed by atoms with van der Waals surface area (Å²) in [5.41, 5.74) is 6.47. The number of carboxylic acids is 1. The Kier molecular flexibility index (Phi) is 2.41. The van der Waals surface area contributed by atoms with Crippen molar-refractivity contribution in [1.29, 1.82) is 0 Å². The zero-order valence-corrected chi connectivity index (χ0v) is 8.36. The van der Waals surface area contributed by atoms with Crippen molar-refractivity contribution in [3.63, 3.8) is 0 Å². The molecule has 0 aliphatic heterocycles. The van der Waals surface area contributed by atoms with Gasteiger partial charge in [-0.3, -0.25) is 4.68 Å². The van der Waals surface area contributed by atoms with E-state index in [0.29, 0.717) is 5.56 Å². The highest BCUT2D eigenvalue weighted by Gasteiger charge is 2.20. The van der Waals surface area contributed by atoms with Gasteiger partial charge >= 0.3 is 5.97 Å². The highest BCUT2D eigenvalue weighted by molar-refractivity contribution is 5.82. The van der Waals surface area contributed by atoms with Gasteiger partial charge in [-0.2, -0.15) is 10.1 Å². The molecule has 8 nitrogen and oxygen atoms in total. The lowest BCUT2D eigenvalue weighted by Crippen LogP contribution is -2.12. The van der Waals surface area contributed by atoms with E-state index >= 15 is 0 Å². The van der Waals surface area contributed by atoms with E-state index in [1.165, 1.54) is 0 Å². The standard InChI is InChI=1S/C8H9N5O3/c1-13-3-4(2-10-13)5(9)7-11-6(8(14)15)12-16-7/h2-3,5H,9H2,1H3,(H,14,15). The third-order valence-corrected chi connectivity index (χ3v) is 1.98. The molecule has 0 saturated heterocycles. The Balaban J connectivity index is 2.26. The van der Waals surface area contributed by atoms with Gasteiger partial charge < -0.3 is 15.4 Å². The monoisotopic (exact) mass is 223 g/mol. The molecule has 0 saturated carbocycles. The van der Waals surface area contributed by atoms with Gasteiger partial charge in [0.2, 0.25) is 5.89 Å². The molecule has 0 radical (unpaired) electrons. The molecule has 0 aliphatic carbocycles. The van der Waals surface area contributed by atoms with Gasteiger partial charge in [-0.1, -0.05) is 0 Å². The van der Waals surface area contributed by atoms with E-state index in [4.69, 9.17) is 15.4 Å². The lowest BCUT2D eigenvalue weighted by atomic mass is 10.2. The van der Waals surface area contributed by atoms with Crippen LogP contribution < -0.4 is 5.73 Å². The first-order valence-corrected chi connectivity index (χ1v) is 4.39. The summed E-state index contributed by atoms with van der Waals surface area (Å²) < 4.78 is 6.32. The zero-order valence-electron chi connectivity index (χ0n) is 8.36. The molecular formula is C8H9N5O3. The molecule has 2 rings (SSSR count). The van der Waals surface area contributed by atoms with E-state index in [9.17, 15) is 4.79 Å². The average molecular weight is 223 g/mol. The van der Waals surface area contributed by atoms with Crippen LogP contribution in [0.25, 0.3) is 0 Å². The number of aromatic nitrogens is 4. The van der Waals surface area contributed by atoms with Crippen LogP contribution in [0.4, 0.5) is 0 Å². The number of rotatable bonds is 3. The van der Waals surface area contributed by atoms with E-state index in [0.717, 1.165) is 0 Å². The Bertz CT molecular complexity index is 517. The maximum atomic E-state index is 10.5. The molecule has 16 heavy (non-hydrogen) atoms. The molecule has 84 valence electrons. The Morgan fingerprint density at radius 1 is 1.69 bits per heavy atom. The van der Waals surface area contributed by atoms with Crippen LogP contribution >= 0.6 is 0 Å². The highest BCUT2D eigenvalue weighted by atomic mass is 16.5. The maximum Gasteiger partial charge on any atom is 0.377 e. The fourth-order valence-corrected chi connectivity index (χ4v) is 1.19. The summed E-state index contributed by atoms with van der Waals surface area (Å²) in [7, 11) is 1.74. The van der Waals surface area contributed by atoms with Crippen molar-refractivity contribution in [2.45, 2.75) is 6.04 Å². The van der Waals surface area contributed by atoms with Crippen molar-refractivity contribution < 1.29 is 14.4 Å². The van der Waals surface area contributed by atoms with Gasteiger partial charge in [-0.05, 0) is 5.16 Å². The van der Waals surface area contributed by atoms with E-state index in [-0.39, 0.29) is 5.89 Å². The molecule has 0 amide bonds. The van der Waals surface area contributed by atoms with Crippen LogP contribution in [0.3, 0.4) is 0 Å². The van der Waals surface area contributed by atoms with Gasteiger partial charge in [0, 0.05) is 18.8 Å². The minimum Gasteiger partial charge on any atom is -0.475 e. The third-order valence-electron chi connectivity index (χ3n) is 1.98. The molecule has 0 aromatic carbocycles. The van der Waals surface area contributed by atoms with Gasteiger partial charge in [0.1, 0.15) is 6.04 Å². The minimum absolute atomic E-state index is 0.0467. The number of nitrogens with two attached hydrogens (primary N) is 1. The van der Waals surface area contributed by atoms with Crippen LogP contribution in [0.1, 0.15) is 28.1 Å². The summed E-state index contributed by atoms with van der Waals surface area (Å²) in [5, 5.41) is 15.8. The molecule has 0 aliphatic rings. The second-order valence-corrected chi connectivity index (χ2v) is 3.19. The molecule has 8 heteroatoms.